The lowest BCUT2D eigenvalue weighted by atomic mass is 9.95. The molecule has 9 heteroatoms. The summed E-state index contributed by atoms with van der Waals surface area (Å²) in [5.41, 5.74) is 4.10. The summed E-state index contributed by atoms with van der Waals surface area (Å²) >= 11 is 0. The number of carboxylic acid groups (broad SMARTS) is 2. The van der Waals surface area contributed by atoms with E-state index < -0.39 is 11.9 Å². The number of rotatable bonds is 7. The van der Waals surface area contributed by atoms with E-state index in [4.69, 9.17) is 19.7 Å². The summed E-state index contributed by atoms with van der Waals surface area (Å²) < 4.78 is 13.2. The summed E-state index contributed by atoms with van der Waals surface area (Å²) in [4.78, 5) is 21.4. The Bertz CT molecular complexity index is 976. The van der Waals surface area contributed by atoms with Gasteiger partial charge in [-0.15, -0.1) is 0 Å². The van der Waals surface area contributed by atoms with Crippen LogP contribution in [-0.4, -0.2) is 82.8 Å². The molecule has 2 aliphatic rings. The van der Waals surface area contributed by atoms with Crippen molar-refractivity contribution in [3.8, 4) is 5.75 Å². The fourth-order valence-electron chi connectivity index (χ4n) is 4.44. The van der Waals surface area contributed by atoms with Gasteiger partial charge in [-0.05, 0) is 49.4 Å². The molecule has 0 saturated carbocycles. The first kappa shape index (κ1) is 24.8. The number of fused-ring (bicyclic) bond motifs is 3. The number of aliphatic hydroxyl groups excluding tert-OH is 1. The van der Waals surface area contributed by atoms with Crippen molar-refractivity contribution in [3.05, 3.63) is 41.6 Å². The van der Waals surface area contributed by atoms with E-state index in [-0.39, 0.29) is 6.10 Å². The number of aliphatic hydroxyl groups is 1. The third-order valence-electron chi connectivity index (χ3n) is 5.92. The van der Waals surface area contributed by atoms with Gasteiger partial charge in [-0.2, -0.15) is 0 Å². The van der Waals surface area contributed by atoms with Crippen LogP contribution >= 0.6 is 0 Å². The van der Waals surface area contributed by atoms with E-state index in [1.807, 2.05) is 6.07 Å². The Labute approximate surface area is 192 Å². The first-order valence-corrected chi connectivity index (χ1v) is 11.2. The number of carboxylic acids is 2. The van der Waals surface area contributed by atoms with E-state index in [0.717, 1.165) is 44.9 Å². The van der Waals surface area contributed by atoms with Gasteiger partial charge in [0.2, 0.25) is 0 Å². The largest absolute Gasteiger partial charge is 0.497 e. The van der Waals surface area contributed by atoms with Crippen LogP contribution in [-0.2, 0) is 33.7 Å². The molecule has 0 radical (unpaired) electrons. The van der Waals surface area contributed by atoms with Gasteiger partial charge < -0.3 is 29.4 Å². The zero-order chi connectivity index (χ0) is 23.8. The average Bonchev–Trinajstić information content (AvgIpc) is 3.11. The summed E-state index contributed by atoms with van der Waals surface area (Å²) in [7, 11) is 1.72. The van der Waals surface area contributed by atoms with Gasteiger partial charge in [-0.1, -0.05) is 0 Å². The van der Waals surface area contributed by atoms with Crippen LogP contribution in [0.3, 0.4) is 0 Å². The molecule has 180 valence electrons. The van der Waals surface area contributed by atoms with E-state index in [1.165, 1.54) is 35.0 Å². The number of aromatic nitrogens is 1. The second-order valence-electron chi connectivity index (χ2n) is 8.20. The van der Waals surface area contributed by atoms with Crippen LogP contribution in [0.4, 0.5) is 0 Å². The van der Waals surface area contributed by atoms with Gasteiger partial charge in [-0.25, -0.2) is 9.59 Å². The minimum Gasteiger partial charge on any atom is -0.497 e. The molecule has 0 amide bonds. The molecule has 1 unspecified atom stereocenters. The Morgan fingerprint density at radius 2 is 1.76 bits per heavy atom. The van der Waals surface area contributed by atoms with Crippen LogP contribution in [0.25, 0.3) is 10.9 Å². The molecule has 1 aromatic carbocycles. The second kappa shape index (κ2) is 11.8. The molecule has 1 fully saturated rings. The maximum absolute atomic E-state index is 10.7. The molecule has 1 aromatic heterocycles. The lowest BCUT2D eigenvalue weighted by molar-refractivity contribution is -0.134. The molecule has 2 heterocycles. The van der Waals surface area contributed by atoms with Crippen LogP contribution < -0.4 is 4.74 Å². The van der Waals surface area contributed by atoms with E-state index >= 15 is 0 Å². The Morgan fingerprint density at radius 1 is 1.09 bits per heavy atom. The summed E-state index contributed by atoms with van der Waals surface area (Å²) in [6.07, 6.45) is 5.48. The quantitative estimate of drug-likeness (QED) is 0.536. The van der Waals surface area contributed by atoms with Gasteiger partial charge in [-0.3, -0.25) is 4.90 Å². The maximum Gasteiger partial charge on any atom is 0.328 e. The smallest absolute Gasteiger partial charge is 0.328 e. The molecule has 0 bridgehead atoms. The van der Waals surface area contributed by atoms with E-state index in [1.54, 1.807) is 7.11 Å². The van der Waals surface area contributed by atoms with Crippen LogP contribution in [0, 0.1) is 0 Å². The summed E-state index contributed by atoms with van der Waals surface area (Å²) in [6, 6.07) is 6.33. The molecular formula is C24H32N2O7. The number of hydrogen-bond donors (Lipinski definition) is 3. The Kier molecular flexibility index (Phi) is 8.87. The number of aliphatic carboxylic acids is 2. The van der Waals surface area contributed by atoms with Gasteiger partial charge >= 0.3 is 11.9 Å². The third-order valence-corrected chi connectivity index (χ3v) is 5.92. The predicted molar refractivity (Wildman–Crippen MR) is 123 cm³/mol. The van der Waals surface area contributed by atoms with Crippen molar-refractivity contribution in [1.82, 2.24) is 9.47 Å². The van der Waals surface area contributed by atoms with Crippen molar-refractivity contribution in [1.29, 1.82) is 0 Å². The molecule has 33 heavy (non-hydrogen) atoms. The first-order valence-electron chi connectivity index (χ1n) is 11.2. The normalized spacial score (nSPS) is 17.3. The lowest BCUT2D eigenvalue weighted by Gasteiger charge is -2.29. The van der Waals surface area contributed by atoms with Crippen molar-refractivity contribution in [3.63, 3.8) is 0 Å². The highest BCUT2D eigenvalue weighted by Gasteiger charge is 2.23. The molecule has 1 saturated heterocycles. The summed E-state index contributed by atoms with van der Waals surface area (Å²) in [5, 5.41) is 27.6. The molecule has 1 atom stereocenters. The van der Waals surface area contributed by atoms with E-state index in [9.17, 15) is 14.7 Å². The highest BCUT2D eigenvalue weighted by atomic mass is 16.5. The number of nitrogens with zero attached hydrogens (tertiary/aromatic N) is 2. The molecule has 9 nitrogen and oxygen atoms in total. The van der Waals surface area contributed by atoms with E-state index in [2.05, 4.69) is 21.6 Å². The lowest BCUT2D eigenvalue weighted by Crippen LogP contribution is -2.42. The first-order chi connectivity index (χ1) is 15.9. The number of β-amino-alcohol motifs (C(OH)–C–C–N with tert-alkyl or cyclic N) is 1. The van der Waals surface area contributed by atoms with Crippen molar-refractivity contribution in [2.45, 2.75) is 38.3 Å². The predicted octanol–water partition coefficient (Wildman–Crippen LogP) is 1.93. The number of ether oxygens (including phenoxy) is 2. The summed E-state index contributed by atoms with van der Waals surface area (Å²) in [5.74, 6) is -1.60. The number of benzene rings is 1. The minimum atomic E-state index is -1.26. The monoisotopic (exact) mass is 460 g/mol. The van der Waals surface area contributed by atoms with Crippen LogP contribution in [0.2, 0.25) is 0 Å². The van der Waals surface area contributed by atoms with Crippen LogP contribution in [0.15, 0.2) is 30.4 Å². The molecule has 1 aliphatic heterocycles. The molecule has 4 rings (SSSR count). The van der Waals surface area contributed by atoms with Crippen LogP contribution in [0.5, 0.6) is 5.75 Å². The van der Waals surface area contributed by atoms with Crippen molar-refractivity contribution in [2.75, 3.05) is 40.0 Å². The van der Waals surface area contributed by atoms with Gasteiger partial charge in [0, 0.05) is 48.4 Å². The van der Waals surface area contributed by atoms with Gasteiger partial charge in [0.15, 0.2) is 0 Å². The summed E-state index contributed by atoms with van der Waals surface area (Å²) in [6.45, 7) is 4.75. The number of morpholine rings is 1. The zero-order valence-electron chi connectivity index (χ0n) is 18.9. The van der Waals surface area contributed by atoms with E-state index in [0.29, 0.717) is 25.2 Å². The fraction of sp³-hybridized carbons (Fsp3) is 0.500. The fourth-order valence-corrected chi connectivity index (χ4v) is 4.44. The van der Waals surface area contributed by atoms with Gasteiger partial charge in [0.05, 0.1) is 33.0 Å². The van der Waals surface area contributed by atoms with Crippen molar-refractivity contribution < 1.29 is 34.4 Å². The standard InChI is InChI=1S/C20H28N2O3.C4H4O4/c1-24-16-6-7-20-18(12-16)17-4-2-3-5-19(17)22(20)14-15(23)13-21-8-10-25-11-9-21;5-3(6)1-2-4(7)8/h6-7,12,15,23H,2-5,8-11,13-14H2,1H3;1-2H,(H,5,6)(H,7,8). The number of carbonyl (C=O) groups is 2. The molecule has 1 aliphatic carbocycles. The molecular weight excluding hydrogens is 428 g/mol. The number of methoxy groups -OCH3 is 1. The molecule has 2 aromatic rings. The highest BCUT2D eigenvalue weighted by Crippen LogP contribution is 2.34. The van der Waals surface area contributed by atoms with Gasteiger partial charge in [0.1, 0.15) is 5.75 Å². The van der Waals surface area contributed by atoms with Gasteiger partial charge in [0.25, 0.3) is 0 Å². The second-order valence-corrected chi connectivity index (χ2v) is 8.20. The molecule has 0 spiro atoms. The maximum atomic E-state index is 10.7. The number of hydrogen-bond acceptors (Lipinski definition) is 6. The Balaban J connectivity index is 0.000000331. The third kappa shape index (κ3) is 6.80. The topological polar surface area (TPSA) is 121 Å². The van der Waals surface area contributed by atoms with Crippen molar-refractivity contribution >= 4 is 22.8 Å². The highest BCUT2D eigenvalue weighted by molar-refractivity contribution is 5.89. The van der Waals surface area contributed by atoms with Crippen molar-refractivity contribution in [2.24, 2.45) is 0 Å². The Morgan fingerprint density at radius 3 is 2.39 bits per heavy atom. The Hall–Kier alpha value is -2.88. The average molecular weight is 461 g/mol. The molecule has 3 N–H and O–H groups in total. The minimum absolute atomic E-state index is 0.359. The van der Waals surface area contributed by atoms with Crippen LogP contribution in [0.1, 0.15) is 24.1 Å². The number of aryl methyl sites for hydroxylation is 1. The zero-order valence-corrected chi connectivity index (χ0v) is 18.9. The SMILES string of the molecule is COc1ccc2c(c1)c1c(n2CC(O)CN2CCOCC2)CCCC1.O=C(O)C=CC(=O)O.